The lowest BCUT2D eigenvalue weighted by Crippen LogP contribution is -2.09. The van der Waals surface area contributed by atoms with E-state index in [1.54, 1.807) is 18.2 Å². The maximum Gasteiger partial charge on any atom is 0.137 e. The molecule has 0 aromatic heterocycles. The molecule has 0 unspecified atom stereocenters. The van der Waals surface area contributed by atoms with Gasteiger partial charge in [-0.15, -0.1) is 0 Å². The number of halogens is 2. The van der Waals surface area contributed by atoms with Crippen molar-refractivity contribution >= 4 is 29.0 Å². The Morgan fingerprint density at radius 2 is 2.06 bits per heavy atom. The number of rotatable bonds is 6. The largest absolute Gasteiger partial charge is 0.492 e. The van der Waals surface area contributed by atoms with E-state index in [1.807, 2.05) is 0 Å². The van der Waals surface area contributed by atoms with E-state index in [0.29, 0.717) is 28.8 Å². The highest BCUT2D eigenvalue weighted by Gasteiger charge is 2.01. The van der Waals surface area contributed by atoms with Gasteiger partial charge in [-0.1, -0.05) is 23.2 Å². The minimum atomic E-state index is 0.213. The van der Waals surface area contributed by atoms with E-state index in [0.717, 1.165) is 12.8 Å². The Labute approximate surface area is 105 Å². The number of hydrogen-bond donors (Lipinski definition) is 2. The molecule has 0 fully saturated rings. The molecule has 3 N–H and O–H groups in total. The van der Waals surface area contributed by atoms with E-state index < -0.39 is 0 Å². The van der Waals surface area contributed by atoms with Gasteiger partial charge in [-0.05, 0) is 31.0 Å². The minimum Gasteiger partial charge on any atom is -0.492 e. The molecule has 0 aliphatic heterocycles. The number of unbranched alkanes of at least 4 members (excludes halogenated alkanes) is 1. The van der Waals surface area contributed by atoms with Crippen LogP contribution in [0.5, 0.6) is 5.75 Å². The maximum absolute atomic E-state index is 7.05. The van der Waals surface area contributed by atoms with Gasteiger partial charge in [0.15, 0.2) is 0 Å². The fourth-order valence-corrected chi connectivity index (χ4v) is 1.65. The monoisotopic (exact) mass is 260 g/mol. The molecular weight excluding hydrogens is 247 g/mol. The lowest BCUT2D eigenvalue weighted by atomic mass is 10.2. The van der Waals surface area contributed by atoms with Crippen LogP contribution in [0.1, 0.15) is 19.3 Å². The molecule has 1 aromatic carbocycles. The average Bonchev–Trinajstić information content (AvgIpc) is 2.20. The summed E-state index contributed by atoms with van der Waals surface area (Å²) in [6.07, 6.45) is 2.30. The lowest BCUT2D eigenvalue weighted by Gasteiger charge is -2.07. The summed E-state index contributed by atoms with van der Waals surface area (Å²) in [5.41, 5.74) is 5.23. The van der Waals surface area contributed by atoms with E-state index in [4.69, 9.17) is 39.1 Å². The molecule has 0 saturated heterocycles. The summed E-state index contributed by atoms with van der Waals surface area (Å²) in [5.74, 6) is 0.846. The van der Waals surface area contributed by atoms with Crippen molar-refractivity contribution in [1.29, 1.82) is 5.41 Å². The van der Waals surface area contributed by atoms with Gasteiger partial charge in [0.05, 0.1) is 17.5 Å². The van der Waals surface area contributed by atoms with E-state index in [1.165, 1.54) is 0 Å². The number of nitrogens with two attached hydrogens (primary N) is 1. The fraction of sp³-hybridized carbons (Fsp3) is 0.364. The normalized spacial score (nSPS) is 10.1. The van der Waals surface area contributed by atoms with Gasteiger partial charge in [-0.2, -0.15) is 0 Å². The van der Waals surface area contributed by atoms with Gasteiger partial charge in [0.1, 0.15) is 5.75 Å². The maximum atomic E-state index is 7.05. The summed E-state index contributed by atoms with van der Waals surface area (Å²) < 4.78 is 5.47. The molecule has 1 rings (SSSR count). The molecule has 0 bridgehead atoms. The van der Waals surface area contributed by atoms with Crippen LogP contribution in [-0.4, -0.2) is 12.4 Å². The molecule has 5 heteroatoms. The highest BCUT2D eigenvalue weighted by Crippen LogP contribution is 2.27. The zero-order chi connectivity index (χ0) is 12.0. The van der Waals surface area contributed by atoms with Crippen LogP contribution >= 0.6 is 23.2 Å². The van der Waals surface area contributed by atoms with Crippen molar-refractivity contribution in [1.82, 2.24) is 0 Å². The van der Waals surface area contributed by atoms with Gasteiger partial charge < -0.3 is 10.5 Å². The van der Waals surface area contributed by atoms with Crippen LogP contribution in [0.3, 0.4) is 0 Å². The van der Waals surface area contributed by atoms with Gasteiger partial charge in [0.2, 0.25) is 0 Å². The molecule has 0 saturated carbocycles. The lowest BCUT2D eigenvalue weighted by molar-refractivity contribution is 0.308. The molecule has 0 aliphatic carbocycles. The Morgan fingerprint density at radius 1 is 1.31 bits per heavy atom. The Balaban J connectivity index is 2.29. The molecule has 0 spiro atoms. The summed E-state index contributed by atoms with van der Waals surface area (Å²) in [6.45, 7) is 0.564. The SMILES string of the molecule is N=C(N)CCCCOc1ccc(Cl)cc1Cl. The second-order valence-corrected chi connectivity index (χ2v) is 4.25. The van der Waals surface area contributed by atoms with Crippen LogP contribution in [0.2, 0.25) is 10.0 Å². The first-order valence-corrected chi connectivity index (χ1v) is 5.76. The zero-order valence-corrected chi connectivity index (χ0v) is 10.3. The van der Waals surface area contributed by atoms with Gasteiger partial charge in [0.25, 0.3) is 0 Å². The van der Waals surface area contributed by atoms with Crippen molar-refractivity contribution in [2.75, 3.05) is 6.61 Å². The van der Waals surface area contributed by atoms with Crippen molar-refractivity contribution in [2.45, 2.75) is 19.3 Å². The first kappa shape index (κ1) is 13.1. The number of benzene rings is 1. The Bertz CT molecular complexity index is 369. The molecule has 0 aliphatic rings. The van der Waals surface area contributed by atoms with Crippen LogP contribution in [-0.2, 0) is 0 Å². The third-order valence-electron chi connectivity index (χ3n) is 1.99. The van der Waals surface area contributed by atoms with E-state index in [-0.39, 0.29) is 5.84 Å². The van der Waals surface area contributed by atoms with Crippen molar-refractivity contribution in [3.63, 3.8) is 0 Å². The molecule has 16 heavy (non-hydrogen) atoms. The van der Waals surface area contributed by atoms with Gasteiger partial charge in [-0.25, -0.2) is 0 Å². The summed E-state index contributed by atoms with van der Waals surface area (Å²) in [4.78, 5) is 0. The second kappa shape index (κ2) is 6.61. The van der Waals surface area contributed by atoms with Gasteiger partial charge >= 0.3 is 0 Å². The van der Waals surface area contributed by atoms with Crippen LogP contribution < -0.4 is 10.5 Å². The predicted octanol–water partition coefficient (Wildman–Crippen LogP) is 3.48. The quantitative estimate of drug-likeness (QED) is 0.468. The molecule has 1 aromatic rings. The molecule has 0 amide bonds. The van der Waals surface area contributed by atoms with Crippen LogP contribution in [0, 0.1) is 5.41 Å². The first-order chi connectivity index (χ1) is 7.59. The van der Waals surface area contributed by atoms with Crippen LogP contribution in [0.15, 0.2) is 18.2 Å². The number of ether oxygens (including phenoxy) is 1. The predicted molar refractivity (Wildman–Crippen MR) is 67.7 cm³/mol. The smallest absolute Gasteiger partial charge is 0.137 e. The topological polar surface area (TPSA) is 59.1 Å². The molecule has 88 valence electrons. The highest BCUT2D eigenvalue weighted by atomic mass is 35.5. The summed E-state index contributed by atoms with van der Waals surface area (Å²) >= 11 is 11.7. The first-order valence-electron chi connectivity index (χ1n) is 5.00. The summed E-state index contributed by atoms with van der Waals surface area (Å²) in [5, 5.41) is 8.16. The Morgan fingerprint density at radius 3 is 2.69 bits per heavy atom. The van der Waals surface area contributed by atoms with Gasteiger partial charge in [0, 0.05) is 11.4 Å². The zero-order valence-electron chi connectivity index (χ0n) is 8.80. The van der Waals surface area contributed by atoms with Crippen molar-refractivity contribution in [2.24, 2.45) is 5.73 Å². The third kappa shape index (κ3) is 4.73. The Hall–Kier alpha value is -0.930. The van der Waals surface area contributed by atoms with E-state index in [2.05, 4.69) is 0 Å². The summed E-state index contributed by atoms with van der Waals surface area (Å²) in [7, 11) is 0. The minimum absolute atomic E-state index is 0.213. The molecular formula is C11H14Cl2N2O. The third-order valence-corrected chi connectivity index (χ3v) is 2.52. The van der Waals surface area contributed by atoms with Gasteiger partial charge in [-0.3, -0.25) is 5.41 Å². The average molecular weight is 261 g/mol. The van der Waals surface area contributed by atoms with E-state index >= 15 is 0 Å². The van der Waals surface area contributed by atoms with Crippen molar-refractivity contribution in [3.8, 4) is 5.75 Å². The van der Waals surface area contributed by atoms with Crippen LogP contribution in [0.25, 0.3) is 0 Å². The molecule has 0 radical (unpaired) electrons. The number of nitrogens with one attached hydrogen (secondary N) is 1. The highest BCUT2D eigenvalue weighted by molar-refractivity contribution is 6.35. The Kier molecular flexibility index (Phi) is 5.43. The molecule has 0 heterocycles. The molecule has 0 atom stereocenters. The standard InChI is InChI=1S/C11H14Cl2N2O/c12-8-4-5-10(9(13)7-8)16-6-2-1-3-11(14)15/h4-5,7H,1-3,6H2,(H3,14,15). The van der Waals surface area contributed by atoms with Crippen molar-refractivity contribution < 1.29 is 4.74 Å². The number of amidine groups is 1. The van der Waals surface area contributed by atoms with Crippen molar-refractivity contribution in [3.05, 3.63) is 28.2 Å². The fourth-order valence-electron chi connectivity index (χ4n) is 1.19. The number of hydrogen-bond acceptors (Lipinski definition) is 2. The van der Waals surface area contributed by atoms with Crippen LogP contribution in [0.4, 0.5) is 0 Å². The molecule has 3 nitrogen and oxygen atoms in total. The second-order valence-electron chi connectivity index (χ2n) is 3.41. The summed E-state index contributed by atoms with van der Waals surface area (Å²) in [6, 6.07) is 5.13. The van der Waals surface area contributed by atoms with E-state index in [9.17, 15) is 0 Å².